The second-order valence-electron chi connectivity index (χ2n) is 5.60. The number of carbonyl (C=O) groups excluding carboxylic acids is 1. The Morgan fingerprint density at radius 1 is 1.11 bits per heavy atom. The molecule has 1 rings (SSSR count). The van der Waals surface area contributed by atoms with E-state index >= 15 is 0 Å². The lowest BCUT2D eigenvalue weighted by atomic mass is 10.1. The standard InChI is InChI=1S/C15H24N2O/c1-5-6-7-14(18)16-12-8-10-13(11-9-12)17-15(2,3)4/h8-11,17H,5-7H2,1-4H3,(H,16,18). The molecule has 1 aromatic rings. The topological polar surface area (TPSA) is 41.1 Å². The molecule has 1 aromatic carbocycles. The summed E-state index contributed by atoms with van der Waals surface area (Å²) in [6.45, 7) is 8.44. The quantitative estimate of drug-likeness (QED) is 0.826. The molecule has 0 heterocycles. The number of benzene rings is 1. The number of hydrogen-bond acceptors (Lipinski definition) is 2. The normalized spacial score (nSPS) is 11.1. The highest BCUT2D eigenvalue weighted by atomic mass is 16.1. The maximum absolute atomic E-state index is 11.6. The van der Waals surface area contributed by atoms with Gasteiger partial charge in [0.25, 0.3) is 0 Å². The van der Waals surface area contributed by atoms with Crippen LogP contribution >= 0.6 is 0 Å². The lowest BCUT2D eigenvalue weighted by Crippen LogP contribution is -2.25. The average molecular weight is 248 g/mol. The van der Waals surface area contributed by atoms with E-state index in [0.29, 0.717) is 6.42 Å². The van der Waals surface area contributed by atoms with Crippen LogP contribution in [0, 0.1) is 0 Å². The van der Waals surface area contributed by atoms with Crippen molar-refractivity contribution >= 4 is 17.3 Å². The van der Waals surface area contributed by atoms with Crippen LogP contribution in [0.1, 0.15) is 47.0 Å². The highest BCUT2D eigenvalue weighted by Crippen LogP contribution is 2.17. The fraction of sp³-hybridized carbons (Fsp3) is 0.533. The van der Waals surface area contributed by atoms with Crippen LogP contribution in [-0.4, -0.2) is 11.4 Å². The molecule has 3 heteroatoms. The molecule has 0 aliphatic rings. The zero-order valence-corrected chi connectivity index (χ0v) is 11.8. The Labute approximate surface area is 110 Å². The second kappa shape index (κ2) is 6.43. The van der Waals surface area contributed by atoms with Crippen molar-refractivity contribution in [2.24, 2.45) is 0 Å². The molecule has 18 heavy (non-hydrogen) atoms. The zero-order valence-electron chi connectivity index (χ0n) is 11.8. The van der Waals surface area contributed by atoms with Gasteiger partial charge in [0.15, 0.2) is 0 Å². The Bertz CT molecular complexity index is 376. The van der Waals surface area contributed by atoms with E-state index in [2.05, 4.69) is 38.3 Å². The van der Waals surface area contributed by atoms with E-state index in [1.54, 1.807) is 0 Å². The van der Waals surface area contributed by atoms with Crippen molar-refractivity contribution in [1.29, 1.82) is 0 Å². The van der Waals surface area contributed by atoms with Crippen LogP contribution in [0.25, 0.3) is 0 Å². The van der Waals surface area contributed by atoms with Gasteiger partial charge in [0.05, 0.1) is 0 Å². The number of nitrogens with one attached hydrogen (secondary N) is 2. The maximum Gasteiger partial charge on any atom is 0.224 e. The summed E-state index contributed by atoms with van der Waals surface area (Å²) in [4.78, 5) is 11.6. The molecular formula is C15H24N2O. The van der Waals surface area contributed by atoms with Gasteiger partial charge < -0.3 is 10.6 Å². The predicted octanol–water partition coefficient (Wildman–Crippen LogP) is 4.03. The molecule has 100 valence electrons. The molecule has 0 aliphatic heterocycles. The van der Waals surface area contributed by atoms with Crippen LogP contribution < -0.4 is 10.6 Å². The molecule has 0 unspecified atom stereocenters. The number of amides is 1. The molecule has 0 aliphatic carbocycles. The zero-order chi connectivity index (χ0) is 13.6. The third-order valence-corrected chi connectivity index (χ3v) is 2.45. The molecule has 0 saturated heterocycles. The molecule has 0 atom stereocenters. The first-order valence-electron chi connectivity index (χ1n) is 6.59. The van der Waals surface area contributed by atoms with Gasteiger partial charge in [-0.3, -0.25) is 4.79 Å². The molecule has 2 N–H and O–H groups in total. The molecule has 1 amide bonds. The van der Waals surface area contributed by atoms with Gasteiger partial charge in [0, 0.05) is 23.3 Å². The van der Waals surface area contributed by atoms with E-state index in [0.717, 1.165) is 24.2 Å². The first kappa shape index (κ1) is 14.6. The predicted molar refractivity (Wildman–Crippen MR) is 78.0 cm³/mol. The smallest absolute Gasteiger partial charge is 0.224 e. The van der Waals surface area contributed by atoms with Crippen LogP contribution in [0.3, 0.4) is 0 Å². The van der Waals surface area contributed by atoms with Crippen LogP contribution in [0.2, 0.25) is 0 Å². The fourth-order valence-electron chi connectivity index (χ4n) is 1.63. The van der Waals surface area contributed by atoms with Crippen molar-refractivity contribution in [2.75, 3.05) is 10.6 Å². The second-order valence-corrected chi connectivity index (χ2v) is 5.60. The van der Waals surface area contributed by atoms with Crippen molar-refractivity contribution in [1.82, 2.24) is 0 Å². The number of anilines is 2. The van der Waals surface area contributed by atoms with Crippen molar-refractivity contribution in [2.45, 2.75) is 52.5 Å². The lowest BCUT2D eigenvalue weighted by Gasteiger charge is -2.22. The molecule has 0 fully saturated rings. The molecule has 3 nitrogen and oxygen atoms in total. The van der Waals surface area contributed by atoms with E-state index in [1.807, 2.05) is 24.3 Å². The van der Waals surface area contributed by atoms with Crippen molar-refractivity contribution < 1.29 is 4.79 Å². The summed E-state index contributed by atoms with van der Waals surface area (Å²) >= 11 is 0. The van der Waals surface area contributed by atoms with Gasteiger partial charge in [-0.25, -0.2) is 0 Å². The number of carbonyl (C=O) groups is 1. The minimum absolute atomic E-state index is 0.0475. The maximum atomic E-state index is 11.6. The minimum atomic E-state index is 0.0475. The lowest BCUT2D eigenvalue weighted by molar-refractivity contribution is -0.116. The molecule has 0 saturated carbocycles. The van der Waals surface area contributed by atoms with Crippen LogP contribution in [0.15, 0.2) is 24.3 Å². The summed E-state index contributed by atoms with van der Waals surface area (Å²) < 4.78 is 0. The van der Waals surface area contributed by atoms with E-state index in [1.165, 1.54) is 0 Å². The highest BCUT2D eigenvalue weighted by molar-refractivity contribution is 5.90. The van der Waals surface area contributed by atoms with E-state index in [9.17, 15) is 4.79 Å². The molecular weight excluding hydrogens is 224 g/mol. The van der Waals surface area contributed by atoms with Gasteiger partial charge in [-0.1, -0.05) is 13.3 Å². The Morgan fingerprint density at radius 3 is 2.17 bits per heavy atom. The average Bonchev–Trinajstić information content (AvgIpc) is 2.27. The van der Waals surface area contributed by atoms with Crippen molar-refractivity contribution in [3.63, 3.8) is 0 Å². The third kappa shape index (κ3) is 5.71. The van der Waals surface area contributed by atoms with Crippen molar-refractivity contribution in [3.8, 4) is 0 Å². The SMILES string of the molecule is CCCCC(=O)Nc1ccc(NC(C)(C)C)cc1. The van der Waals surface area contributed by atoms with Crippen LogP contribution in [0.5, 0.6) is 0 Å². The van der Waals surface area contributed by atoms with Gasteiger partial charge in [0.1, 0.15) is 0 Å². The number of unbranched alkanes of at least 4 members (excludes halogenated alkanes) is 1. The summed E-state index contributed by atoms with van der Waals surface area (Å²) in [5.74, 6) is 0.0911. The Hall–Kier alpha value is -1.51. The van der Waals surface area contributed by atoms with E-state index in [4.69, 9.17) is 0 Å². The summed E-state index contributed by atoms with van der Waals surface area (Å²) in [6.07, 6.45) is 2.58. The van der Waals surface area contributed by atoms with E-state index < -0.39 is 0 Å². The fourth-order valence-corrected chi connectivity index (χ4v) is 1.63. The molecule has 0 spiro atoms. The summed E-state index contributed by atoms with van der Waals surface area (Å²) in [5.41, 5.74) is 1.97. The van der Waals surface area contributed by atoms with Gasteiger partial charge >= 0.3 is 0 Å². The van der Waals surface area contributed by atoms with Gasteiger partial charge in [-0.15, -0.1) is 0 Å². The Kier molecular flexibility index (Phi) is 5.20. The highest BCUT2D eigenvalue weighted by Gasteiger charge is 2.09. The van der Waals surface area contributed by atoms with Gasteiger partial charge in [0.2, 0.25) is 5.91 Å². The summed E-state index contributed by atoms with van der Waals surface area (Å²) in [6, 6.07) is 7.83. The van der Waals surface area contributed by atoms with Crippen molar-refractivity contribution in [3.05, 3.63) is 24.3 Å². The van der Waals surface area contributed by atoms with E-state index in [-0.39, 0.29) is 11.4 Å². The third-order valence-electron chi connectivity index (χ3n) is 2.45. The first-order chi connectivity index (χ1) is 8.40. The Balaban J connectivity index is 2.52. The van der Waals surface area contributed by atoms with Gasteiger partial charge in [-0.05, 0) is 51.5 Å². The summed E-state index contributed by atoms with van der Waals surface area (Å²) in [7, 11) is 0. The number of rotatable bonds is 5. The minimum Gasteiger partial charge on any atom is -0.380 e. The Morgan fingerprint density at radius 2 is 1.67 bits per heavy atom. The molecule has 0 bridgehead atoms. The largest absolute Gasteiger partial charge is 0.380 e. The number of hydrogen-bond donors (Lipinski definition) is 2. The molecule has 0 aromatic heterocycles. The van der Waals surface area contributed by atoms with Gasteiger partial charge in [-0.2, -0.15) is 0 Å². The first-order valence-corrected chi connectivity index (χ1v) is 6.59. The van der Waals surface area contributed by atoms with Crippen LogP contribution in [-0.2, 0) is 4.79 Å². The van der Waals surface area contributed by atoms with Crippen LogP contribution in [0.4, 0.5) is 11.4 Å². The summed E-state index contributed by atoms with van der Waals surface area (Å²) in [5, 5.41) is 6.28. The monoisotopic (exact) mass is 248 g/mol. The molecule has 0 radical (unpaired) electrons.